The van der Waals surface area contributed by atoms with Gasteiger partial charge in [-0.05, 0) is 36.0 Å². The Labute approximate surface area is 164 Å². The fourth-order valence-corrected chi connectivity index (χ4v) is 3.95. The van der Waals surface area contributed by atoms with Crippen LogP contribution in [-0.4, -0.2) is 53.8 Å². The van der Waals surface area contributed by atoms with Gasteiger partial charge < -0.3 is 10.2 Å². The van der Waals surface area contributed by atoms with Gasteiger partial charge in [-0.1, -0.05) is 41.5 Å². The van der Waals surface area contributed by atoms with Crippen LogP contribution in [0.4, 0.5) is 4.79 Å². The zero-order valence-electron chi connectivity index (χ0n) is 17.9. The third-order valence-electron chi connectivity index (χ3n) is 6.07. The summed E-state index contributed by atoms with van der Waals surface area (Å²) in [5.41, 5.74) is 0.0465. The highest BCUT2D eigenvalue weighted by Crippen LogP contribution is 2.35. The monoisotopic (exact) mass is 379 g/mol. The van der Waals surface area contributed by atoms with E-state index < -0.39 is 0 Å². The van der Waals surface area contributed by atoms with Gasteiger partial charge in [-0.25, -0.2) is 4.79 Å². The number of imide groups is 1. The van der Waals surface area contributed by atoms with Crippen molar-refractivity contribution < 1.29 is 14.4 Å². The molecule has 0 aromatic heterocycles. The Kier molecular flexibility index (Phi) is 6.59. The zero-order valence-corrected chi connectivity index (χ0v) is 17.9. The van der Waals surface area contributed by atoms with Gasteiger partial charge in [0.2, 0.25) is 11.8 Å². The van der Waals surface area contributed by atoms with Crippen LogP contribution < -0.4 is 5.32 Å². The number of carbonyl (C=O) groups excluding carboxylic acids is 3. The van der Waals surface area contributed by atoms with Gasteiger partial charge >= 0.3 is 6.03 Å². The molecule has 2 unspecified atom stereocenters. The molecule has 0 saturated carbocycles. The predicted molar refractivity (Wildman–Crippen MR) is 106 cm³/mol. The summed E-state index contributed by atoms with van der Waals surface area (Å²) in [6.45, 7) is 15.4. The normalized spacial score (nSPS) is 24.1. The number of likely N-dealkylation sites (tertiary alicyclic amines) is 2. The quantitative estimate of drug-likeness (QED) is 0.589. The van der Waals surface area contributed by atoms with Crippen LogP contribution >= 0.6 is 0 Å². The van der Waals surface area contributed by atoms with Crippen LogP contribution in [0.1, 0.15) is 67.2 Å². The highest BCUT2D eigenvalue weighted by atomic mass is 16.2. The number of amides is 4. The summed E-state index contributed by atoms with van der Waals surface area (Å²) in [7, 11) is 0. The highest BCUT2D eigenvalue weighted by Gasteiger charge is 2.44. The summed E-state index contributed by atoms with van der Waals surface area (Å²) in [6.07, 6.45) is 2.87. The van der Waals surface area contributed by atoms with Crippen molar-refractivity contribution in [3.05, 3.63) is 0 Å². The van der Waals surface area contributed by atoms with Crippen LogP contribution in [-0.2, 0) is 9.59 Å². The summed E-state index contributed by atoms with van der Waals surface area (Å²) in [5, 5.41) is 2.98. The van der Waals surface area contributed by atoms with Crippen molar-refractivity contribution in [2.45, 2.75) is 67.2 Å². The van der Waals surface area contributed by atoms with Crippen molar-refractivity contribution in [3.8, 4) is 0 Å². The molecule has 154 valence electrons. The van der Waals surface area contributed by atoms with E-state index in [0.29, 0.717) is 25.4 Å². The third-order valence-corrected chi connectivity index (χ3v) is 6.07. The minimum absolute atomic E-state index is 0.00266. The molecule has 1 N–H and O–H groups in total. The van der Waals surface area contributed by atoms with Crippen molar-refractivity contribution in [2.75, 3.05) is 26.2 Å². The lowest BCUT2D eigenvalue weighted by Gasteiger charge is -2.27. The molecule has 0 bridgehead atoms. The number of unbranched alkanes of at least 4 members (excludes halogenated alkanes) is 1. The van der Waals surface area contributed by atoms with Crippen molar-refractivity contribution in [1.29, 1.82) is 0 Å². The molecule has 0 aromatic rings. The van der Waals surface area contributed by atoms with E-state index in [9.17, 15) is 14.4 Å². The summed E-state index contributed by atoms with van der Waals surface area (Å²) in [6, 6.07) is 0.00266. The lowest BCUT2D eigenvalue weighted by atomic mass is 9.80. The van der Waals surface area contributed by atoms with Crippen LogP contribution in [0.3, 0.4) is 0 Å². The molecule has 2 aliphatic heterocycles. The van der Waals surface area contributed by atoms with E-state index in [2.05, 4.69) is 26.1 Å². The Hall–Kier alpha value is -1.59. The van der Waals surface area contributed by atoms with E-state index in [1.807, 2.05) is 25.7 Å². The predicted octanol–water partition coefficient (Wildman–Crippen LogP) is 3.27. The maximum atomic E-state index is 12.4. The second kappa shape index (κ2) is 8.19. The van der Waals surface area contributed by atoms with Gasteiger partial charge in [0, 0.05) is 32.6 Å². The molecule has 2 fully saturated rings. The first kappa shape index (κ1) is 21.7. The topological polar surface area (TPSA) is 69.7 Å². The number of nitrogens with one attached hydrogen (secondary N) is 1. The number of urea groups is 1. The van der Waals surface area contributed by atoms with E-state index in [-0.39, 0.29) is 34.6 Å². The lowest BCUT2D eigenvalue weighted by molar-refractivity contribution is -0.140. The van der Waals surface area contributed by atoms with Gasteiger partial charge in [0.1, 0.15) is 0 Å². The van der Waals surface area contributed by atoms with E-state index in [1.54, 1.807) is 0 Å². The molecule has 2 heterocycles. The van der Waals surface area contributed by atoms with Gasteiger partial charge in [-0.3, -0.25) is 14.5 Å². The van der Waals surface area contributed by atoms with Crippen LogP contribution in [0.5, 0.6) is 0 Å². The average molecular weight is 380 g/mol. The van der Waals surface area contributed by atoms with Crippen molar-refractivity contribution in [3.63, 3.8) is 0 Å². The average Bonchev–Trinajstić information content (AvgIpc) is 3.13. The van der Waals surface area contributed by atoms with Gasteiger partial charge in [0.15, 0.2) is 0 Å². The molecular weight excluding hydrogens is 342 g/mol. The molecule has 0 spiro atoms. The fourth-order valence-electron chi connectivity index (χ4n) is 3.95. The molecule has 4 amide bonds. The minimum atomic E-state index is -0.212. The molecule has 0 aromatic carbocycles. The second-order valence-corrected chi connectivity index (χ2v) is 10.2. The SMILES string of the molecule is CC(C)(C)C1CCN(C(=O)NCCCCN2C(=O)CC(C(C)(C)C)C2=O)C1. The maximum absolute atomic E-state index is 12.4. The number of carbonyl (C=O) groups is 3. The number of nitrogens with zero attached hydrogens (tertiary/aromatic N) is 2. The molecule has 6 nitrogen and oxygen atoms in total. The van der Waals surface area contributed by atoms with E-state index in [1.165, 1.54) is 4.90 Å². The zero-order chi connectivity index (χ0) is 20.4. The molecule has 27 heavy (non-hydrogen) atoms. The Morgan fingerprint density at radius 2 is 1.74 bits per heavy atom. The Morgan fingerprint density at radius 3 is 2.26 bits per heavy atom. The molecule has 2 atom stereocenters. The van der Waals surface area contributed by atoms with E-state index >= 15 is 0 Å². The van der Waals surface area contributed by atoms with Gasteiger partial charge in [-0.2, -0.15) is 0 Å². The summed E-state index contributed by atoms with van der Waals surface area (Å²) >= 11 is 0. The van der Waals surface area contributed by atoms with Gasteiger partial charge in [-0.15, -0.1) is 0 Å². The molecule has 0 aliphatic carbocycles. The van der Waals surface area contributed by atoms with Crippen LogP contribution in [0.2, 0.25) is 0 Å². The summed E-state index contributed by atoms with van der Waals surface area (Å²) < 4.78 is 0. The number of hydrogen-bond acceptors (Lipinski definition) is 3. The summed E-state index contributed by atoms with van der Waals surface area (Å²) in [4.78, 5) is 40.2. The van der Waals surface area contributed by atoms with Gasteiger partial charge in [0.25, 0.3) is 0 Å². The summed E-state index contributed by atoms with van der Waals surface area (Å²) in [5.74, 6) is 0.234. The molecule has 6 heteroatoms. The largest absolute Gasteiger partial charge is 0.338 e. The molecule has 2 aliphatic rings. The van der Waals surface area contributed by atoms with Crippen LogP contribution in [0.15, 0.2) is 0 Å². The Bertz CT molecular complexity index is 574. The number of rotatable bonds is 5. The maximum Gasteiger partial charge on any atom is 0.317 e. The van der Waals surface area contributed by atoms with Crippen LogP contribution in [0, 0.1) is 22.7 Å². The Balaban J connectivity index is 1.67. The second-order valence-electron chi connectivity index (χ2n) is 10.2. The van der Waals surface area contributed by atoms with E-state index in [0.717, 1.165) is 32.4 Å². The number of hydrogen-bond donors (Lipinski definition) is 1. The molecule has 2 saturated heterocycles. The lowest BCUT2D eigenvalue weighted by Crippen LogP contribution is -2.40. The molecule has 2 rings (SSSR count). The molecule has 0 radical (unpaired) electrons. The van der Waals surface area contributed by atoms with Gasteiger partial charge in [0.05, 0.1) is 5.92 Å². The van der Waals surface area contributed by atoms with Crippen molar-refractivity contribution in [1.82, 2.24) is 15.1 Å². The first-order valence-corrected chi connectivity index (χ1v) is 10.3. The Morgan fingerprint density at radius 1 is 1.07 bits per heavy atom. The van der Waals surface area contributed by atoms with Crippen molar-refractivity contribution >= 4 is 17.8 Å². The first-order valence-electron chi connectivity index (χ1n) is 10.3. The minimum Gasteiger partial charge on any atom is -0.338 e. The van der Waals surface area contributed by atoms with Crippen LogP contribution in [0.25, 0.3) is 0 Å². The standard InChI is InChI=1S/C21H37N3O3/c1-20(2,3)15-9-12-23(14-15)19(27)22-10-7-8-11-24-17(25)13-16(18(24)26)21(4,5)6/h15-16H,7-14H2,1-6H3,(H,22,27). The first-order chi connectivity index (χ1) is 12.4. The highest BCUT2D eigenvalue weighted by molar-refractivity contribution is 6.03. The smallest absolute Gasteiger partial charge is 0.317 e. The molecular formula is C21H37N3O3. The van der Waals surface area contributed by atoms with Crippen molar-refractivity contribution in [2.24, 2.45) is 22.7 Å². The van der Waals surface area contributed by atoms with E-state index in [4.69, 9.17) is 0 Å². The third kappa shape index (κ3) is 5.45. The fraction of sp³-hybridized carbons (Fsp3) is 0.857.